The summed E-state index contributed by atoms with van der Waals surface area (Å²) < 4.78 is 0. The number of pyridine rings is 1. The summed E-state index contributed by atoms with van der Waals surface area (Å²) in [5.41, 5.74) is 5.96. The van der Waals surface area contributed by atoms with Crippen LogP contribution in [0.4, 0.5) is 0 Å². The molecule has 1 aromatic heterocycles. The number of rotatable bonds is 2. The maximum absolute atomic E-state index is 4.80. The highest BCUT2D eigenvalue weighted by molar-refractivity contribution is 6.25. The van der Waals surface area contributed by atoms with Crippen molar-refractivity contribution in [3.8, 4) is 22.3 Å². The fraction of sp³-hybridized carbons (Fsp3) is 0. The van der Waals surface area contributed by atoms with E-state index in [4.69, 9.17) is 4.98 Å². The Labute approximate surface area is 175 Å². The minimum absolute atomic E-state index is 1.06. The Kier molecular flexibility index (Phi) is 3.85. The summed E-state index contributed by atoms with van der Waals surface area (Å²) >= 11 is 0. The number of hydrogen-bond donors (Lipinski definition) is 0. The van der Waals surface area contributed by atoms with Crippen LogP contribution in [0, 0.1) is 0 Å². The van der Waals surface area contributed by atoms with Crippen LogP contribution >= 0.6 is 0 Å². The van der Waals surface area contributed by atoms with Crippen LogP contribution < -0.4 is 0 Å². The fourth-order valence-electron chi connectivity index (χ4n) is 4.43. The minimum Gasteiger partial charge on any atom is -0.256 e. The fourth-order valence-corrected chi connectivity index (χ4v) is 4.43. The van der Waals surface area contributed by atoms with E-state index in [0.29, 0.717) is 0 Å². The Morgan fingerprint density at radius 1 is 0.367 bits per heavy atom. The highest BCUT2D eigenvalue weighted by Gasteiger charge is 2.11. The lowest BCUT2D eigenvalue weighted by Crippen LogP contribution is -1.88. The number of aromatic nitrogens is 1. The Balaban J connectivity index is 1.69. The third-order valence-electron chi connectivity index (χ3n) is 5.90. The van der Waals surface area contributed by atoms with Gasteiger partial charge in [-0.1, -0.05) is 91.0 Å². The van der Waals surface area contributed by atoms with Gasteiger partial charge in [-0.05, 0) is 56.6 Å². The molecule has 0 saturated heterocycles. The molecule has 0 aliphatic carbocycles. The van der Waals surface area contributed by atoms with Crippen LogP contribution in [0.3, 0.4) is 0 Å². The van der Waals surface area contributed by atoms with E-state index in [1.807, 2.05) is 12.3 Å². The number of fused-ring (bicyclic) bond motifs is 6. The molecule has 6 aromatic rings. The summed E-state index contributed by atoms with van der Waals surface area (Å²) in [6, 6.07) is 38.9. The van der Waals surface area contributed by atoms with Gasteiger partial charge in [-0.15, -0.1) is 0 Å². The molecule has 1 nitrogen and oxygen atoms in total. The van der Waals surface area contributed by atoms with Crippen LogP contribution in [0.15, 0.2) is 115 Å². The summed E-state index contributed by atoms with van der Waals surface area (Å²) in [4.78, 5) is 4.80. The van der Waals surface area contributed by atoms with E-state index in [9.17, 15) is 0 Å². The molecule has 0 N–H and O–H groups in total. The van der Waals surface area contributed by atoms with Gasteiger partial charge in [-0.25, -0.2) is 0 Å². The third-order valence-corrected chi connectivity index (χ3v) is 5.90. The Bertz CT molecular complexity index is 1380. The maximum atomic E-state index is 4.80. The first-order valence-corrected chi connectivity index (χ1v) is 10.2. The molecule has 0 amide bonds. The maximum Gasteiger partial charge on any atom is 0.0786 e. The van der Waals surface area contributed by atoms with Gasteiger partial charge in [0.05, 0.1) is 5.52 Å². The summed E-state index contributed by atoms with van der Waals surface area (Å²) in [6.07, 6.45) is 1.89. The second-order valence-corrected chi connectivity index (χ2v) is 7.65. The predicted octanol–water partition coefficient (Wildman–Crippen LogP) is 7.88. The largest absolute Gasteiger partial charge is 0.256 e. The van der Waals surface area contributed by atoms with E-state index in [-0.39, 0.29) is 0 Å². The number of nitrogens with zero attached hydrogens (tertiary/aromatic N) is 1. The molecule has 140 valence electrons. The summed E-state index contributed by atoms with van der Waals surface area (Å²) in [5.74, 6) is 0. The summed E-state index contributed by atoms with van der Waals surface area (Å²) in [6.45, 7) is 0. The first-order valence-electron chi connectivity index (χ1n) is 10.2. The minimum atomic E-state index is 1.06. The SMILES string of the molecule is c1ccc(-c2ccc3c(c2)c2cccnc2c2cc(-c4ccccc4)ccc32)cc1. The van der Waals surface area contributed by atoms with E-state index < -0.39 is 0 Å². The van der Waals surface area contributed by atoms with Gasteiger partial charge < -0.3 is 0 Å². The molecule has 0 spiro atoms. The van der Waals surface area contributed by atoms with Gasteiger partial charge in [0, 0.05) is 17.0 Å². The molecule has 1 heteroatoms. The predicted molar refractivity (Wildman–Crippen MR) is 128 cm³/mol. The molecule has 0 radical (unpaired) electrons. The molecule has 0 unspecified atom stereocenters. The zero-order valence-corrected chi connectivity index (χ0v) is 16.4. The Morgan fingerprint density at radius 2 is 0.933 bits per heavy atom. The van der Waals surface area contributed by atoms with Crippen LogP contribution in [0.2, 0.25) is 0 Å². The summed E-state index contributed by atoms with van der Waals surface area (Å²) in [5, 5.41) is 6.16. The molecule has 6 rings (SSSR count). The van der Waals surface area contributed by atoms with Crippen LogP contribution in [0.25, 0.3) is 54.7 Å². The summed E-state index contributed by atoms with van der Waals surface area (Å²) in [7, 11) is 0. The van der Waals surface area contributed by atoms with Gasteiger partial charge in [-0.3, -0.25) is 4.98 Å². The van der Waals surface area contributed by atoms with Crippen molar-refractivity contribution in [3.05, 3.63) is 115 Å². The van der Waals surface area contributed by atoms with Crippen molar-refractivity contribution in [2.45, 2.75) is 0 Å². The Morgan fingerprint density at radius 3 is 1.57 bits per heavy atom. The molecule has 30 heavy (non-hydrogen) atoms. The third kappa shape index (κ3) is 2.67. The van der Waals surface area contributed by atoms with Gasteiger partial charge in [0.1, 0.15) is 0 Å². The van der Waals surface area contributed by atoms with Crippen LogP contribution in [-0.2, 0) is 0 Å². The zero-order chi connectivity index (χ0) is 19.9. The first-order chi connectivity index (χ1) is 14.9. The second kappa shape index (κ2) is 6.82. The highest BCUT2D eigenvalue weighted by atomic mass is 14.6. The average Bonchev–Trinajstić information content (AvgIpc) is 2.85. The highest BCUT2D eigenvalue weighted by Crippen LogP contribution is 2.37. The van der Waals surface area contributed by atoms with Crippen molar-refractivity contribution in [2.24, 2.45) is 0 Å². The van der Waals surface area contributed by atoms with E-state index >= 15 is 0 Å². The molecular formula is C29H19N. The number of hydrogen-bond acceptors (Lipinski definition) is 1. The van der Waals surface area contributed by atoms with Crippen LogP contribution in [0.5, 0.6) is 0 Å². The van der Waals surface area contributed by atoms with Gasteiger partial charge in [0.15, 0.2) is 0 Å². The van der Waals surface area contributed by atoms with Crippen molar-refractivity contribution < 1.29 is 0 Å². The lowest BCUT2D eigenvalue weighted by Gasteiger charge is -2.13. The van der Waals surface area contributed by atoms with Crippen LogP contribution in [-0.4, -0.2) is 4.98 Å². The van der Waals surface area contributed by atoms with Crippen molar-refractivity contribution in [2.75, 3.05) is 0 Å². The average molecular weight is 381 g/mol. The van der Waals surface area contributed by atoms with Crippen molar-refractivity contribution >= 4 is 32.4 Å². The van der Waals surface area contributed by atoms with Gasteiger partial charge in [-0.2, -0.15) is 0 Å². The normalized spacial score (nSPS) is 11.3. The molecular weight excluding hydrogens is 362 g/mol. The molecule has 5 aromatic carbocycles. The zero-order valence-electron chi connectivity index (χ0n) is 16.4. The van der Waals surface area contributed by atoms with Crippen molar-refractivity contribution in [1.82, 2.24) is 4.98 Å². The van der Waals surface area contributed by atoms with Gasteiger partial charge in [0.25, 0.3) is 0 Å². The Hall–Kier alpha value is -3.97. The molecule has 0 atom stereocenters. The second-order valence-electron chi connectivity index (χ2n) is 7.65. The van der Waals surface area contributed by atoms with Crippen LogP contribution in [0.1, 0.15) is 0 Å². The molecule has 0 aliphatic rings. The molecule has 0 aliphatic heterocycles. The van der Waals surface area contributed by atoms with E-state index in [0.717, 1.165) is 5.52 Å². The quantitative estimate of drug-likeness (QED) is 0.278. The number of benzene rings is 5. The van der Waals surface area contributed by atoms with E-state index in [1.54, 1.807) is 0 Å². The molecule has 0 fully saturated rings. The topological polar surface area (TPSA) is 12.9 Å². The standard InChI is InChI=1S/C29H19N/c1-3-8-20(9-4-1)22-13-15-24-25-16-14-23(21-10-5-2-6-11-21)19-28(25)29-26(27(24)18-22)12-7-17-30-29/h1-19H. The molecule has 1 heterocycles. The lowest BCUT2D eigenvalue weighted by molar-refractivity contribution is 1.43. The van der Waals surface area contributed by atoms with Gasteiger partial charge >= 0.3 is 0 Å². The van der Waals surface area contributed by atoms with E-state index in [1.165, 1.54) is 49.2 Å². The van der Waals surface area contributed by atoms with Crippen molar-refractivity contribution in [1.29, 1.82) is 0 Å². The van der Waals surface area contributed by atoms with Gasteiger partial charge in [0.2, 0.25) is 0 Å². The molecule has 0 saturated carbocycles. The lowest BCUT2D eigenvalue weighted by atomic mass is 9.92. The molecule has 0 bridgehead atoms. The monoisotopic (exact) mass is 381 g/mol. The van der Waals surface area contributed by atoms with Crippen molar-refractivity contribution in [3.63, 3.8) is 0 Å². The smallest absolute Gasteiger partial charge is 0.0786 e. The van der Waals surface area contributed by atoms with E-state index in [2.05, 4.69) is 103 Å². The first kappa shape index (κ1) is 16.9.